The van der Waals surface area contributed by atoms with E-state index < -0.39 is 0 Å². The van der Waals surface area contributed by atoms with E-state index in [-0.39, 0.29) is 0 Å². The van der Waals surface area contributed by atoms with E-state index in [0.717, 1.165) is 16.1 Å². The van der Waals surface area contributed by atoms with E-state index in [2.05, 4.69) is 4.98 Å². The van der Waals surface area contributed by atoms with Gasteiger partial charge < -0.3 is 20.9 Å². The van der Waals surface area contributed by atoms with Crippen molar-refractivity contribution in [1.29, 1.82) is 0 Å². The molecule has 2 aromatic rings. The molecule has 2 rings (SSSR count). The van der Waals surface area contributed by atoms with Crippen LogP contribution < -0.4 is 20.9 Å². The standard InChI is InChI=1S/C12H15N3O2S/c1-16-8-4-3-7(5-9(8)17-2)11-10(6-13)18-12(14)15-11/h3-5H,6,13H2,1-2H3,(H2,14,15). The smallest absolute Gasteiger partial charge is 0.180 e. The average Bonchev–Trinajstić information content (AvgIpc) is 2.79. The first-order chi connectivity index (χ1) is 8.69. The van der Waals surface area contributed by atoms with Crippen molar-refractivity contribution in [2.75, 3.05) is 20.0 Å². The molecule has 0 unspecified atom stereocenters. The first kappa shape index (κ1) is 12.7. The predicted molar refractivity (Wildman–Crippen MR) is 73.0 cm³/mol. The Morgan fingerprint density at radius 1 is 1.22 bits per heavy atom. The highest BCUT2D eigenvalue weighted by Gasteiger charge is 2.13. The zero-order valence-electron chi connectivity index (χ0n) is 10.3. The highest BCUT2D eigenvalue weighted by Crippen LogP contribution is 2.35. The zero-order valence-corrected chi connectivity index (χ0v) is 11.1. The van der Waals surface area contributed by atoms with Gasteiger partial charge in [-0.1, -0.05) is 0 Å². The molecule has 96 valence electrons. The molecular weight excluding hydrogens is 250 g/mol. The molecule has 0 saturated carbocycles. The third kappa shape index (κ3) is 2.25. The maximum absolute atomic E-state index is 5.71. The van der Waals surface area contributed by atoms with Crippen molar-refractivity contribution >= 4 is 16.5 Å². The Balaban J connectivity index is 2.50. The fraction of sp³-hybridized carbons (Fsp3) is 0.250. The average molecular weight is 265 g/mol. The van der Waals surface area contributed by atoms with Crippen LogP contribution in [0.15, 0.2) is 18.2 Å². The number of hydrogen-bond acceptors (Lipinski definition) is 6. The summed E-state index contributed by atoms with van der Waals surface area (Å²) < 4.78 is 10.5. The van der Waals surface area contributed by atoms with Crippen LogP contribution in [0.25, 0.3) is 11.3 Å². The Morgan fingerprint density at radius 2 is 1.94 bits per heavy atom. The second kappa shape index (κ2) is 5.24. The number of anilines is 1. The molecule has 18 heavy (non-hydrogen) atoms. The van der Waals surface area contributed by atoms with Gasteiger partial charge >= 0.3 is 0 Å². The summed E-state index contributed by atoms with van der Waals surface area (Å²) in [6.45, 7) is 0.415. The number of benzene rings is 1. The van der Waals surface area contributed by atoms with Crippen LogP contribution >= 0.6 is 11.3 Å². The van der Waals surface area contributed by atoms with E-state index >= 15 is 0 Å². The fourth-order valence-corrected chi connectivity index (χ4v) is 2.45. The molecule has 0 amide bonds. The number of nitrogen functional groups attached to an aromatic ring is 1. The van der Waals surface area contributed by atoms with Crippen molar-refractivity contribution in [1.82, 2.24) is 4.98 Å². The first-order valence-corrected chi connectivity index (χ1v) is 6.19. The summed E-state index contributed by atoms with van der Waals surface area (Å²) in [4.78, 5) is 5.26. The van der Waals surface area contributed by atoms with Crippen molar-refractivity contribution in [3.63, 3.8) is 0 Å². The van der Waals surface area contributed by atoms with Gasteiger partial charge in [0.05, 0.1) is 19.9 Å². The lowest BCUT2D eigenvalue weighted by Gasteiger charge is -2.09. The summed E-state index contributed by atoms with van der Waals surface area (Å²) in [5.74, 6) is 1.34. The largest absolute Gasteiger partial charge is 0.493 e. The third-order valence-electron chi connectivity index (χ3n) is 2.56. The SMILES string of the molecule is COc1ccc(-c2nc(N)sc2CN)cc1OC. The van der Waals surface area contributed by atoms with E-state index in [1.54, 1.807) is 14.2 Å². The molecule has 0 fully saturated rings. The highest BCUT2D eigenvalue weighted by atomic mass is 32.1. The van der Waals surface area contributed by atoms with Crippen LogP contribution in [0, 0.1) is 0 Å². The van der Waals surface area contributed by atoms with Gasteiger partial charge in [-0.25, -0.2) is 4.98 Å². The molecule has 0 aliphatic rings. The summed E-state index contributed by atoms with van der Waals surface area (Å²) >= 11 is 1.40. The number of rotatable bonds is 4. The summed E-state index contributed by atoms with van der Waals surface area (Å²) in [5.41, 5.74) is 13.1. The van der Waals surface area contributed by atoms with Crippen LogP contribution in [0.5, 0.6) is 11.5 Å². The van der Waals surface area contributed by atoms with E-state index in [1.807, 2.05) is 18.2 Å². The Bertz CT molecular complexity index is 554. The minimum absolute atomic E-state index is 0.415. The summed E-state index contributed by atoms with van der Waals surface area (Å²) in [6.07, 6.45) is 0. The minimum atomic E-state index is 0.415. The molecule has 6 heteroatoms. The molecule has 4 N–H and O–H groups in total. The van der Waals surface area contributed by atoms with Crippen molar-refractivity contribution in [2.24, 2.45) is 5.73 Å². The molecular formula is C12H15N3O2S. The topological polar surface area (TPSA) is 83.4 Å². The van der Waals surface area contributed by atoms with E-state index in [0.29, 0.717) is 23.2 Å². The van der Waals surface area contributed by atoms with E-state index in [4.69, 9.17) is 20.9 Å². The summed E-state index contributed by atoms with van der Waals surface area (Å²) in [7, 11) is 3.20. The number of thiazole rings is 1. The van der Waals surface area contributed by atoms with Gasteiger partial charge in [-0.3, -0.25) is 0 Å². The number of nitrogens with two attached hydrogens (primary N) is 2. The van der Waals surface area contributed by atoms with Crippen LogP contribution in [-0.2, 0) is 6.54 Å². The Hall–Kier alpha value is -1.79. The molecule has 0 saturated heterocycles. The maximum atomic E-state index is 5.71. The molecule has 0 atom stereocenters. The molecule has 0 aliphatic heterocycles. The second-order valence-corrected chi connectivity index (χ2v) is 4.71. The predicted octanol–water partition coefficient (Wildman–Crippen LogP) is 1.87. The quantitative estimate of drug-likeness (QED) is 0.881. The normalized spacial score (nSPS) is 10.4. The lowest BCUT2D eigenvalue weighted by molar-refractivity contribution is 0.355. The van der Waals surface area contributed by atoms with Gasteiger partial charge in [0.15, 0.2) is 16.6 Å². The van der Waals surface area contributed by atoms with Crippen molar-refractivity contribution in [3.05, 3.63) is 23.1 Å². The van der Waals surface area contributed by atoms with E-state index in [9.17, 15) is 0 Å². The van der Waals surface area contributed by atoms with Gasteiger partial charge in [-0.15, -0.1) is 11.3 Å². The number of aromatic nitrogens is 1. The summed E-state index contributed by atoms with van der Waals surface area (Å²) in [6, 6.07) is 5.62. The van der Waals surface area contributed by atoms with Crippen LogP contribution in [-0.4, -0.2) is 19.2 Å². The second-order valence-electron chi connectivity index (χ2n) is 3.60. The lowest BCUT2D eigenvalue weighted by Crippen LogP contribution is -1.96. The monoisotopic (exact) mass is 265 g/mol. The van der Waals surface area contributed by atoms with Gasteiger partial charge in [-0.05, 0) is 18.2 Å². The Morgan fingerprint density at radius 3 is 2.56 bits per heavy atom. The number of methoxy groups -OCH3 is 2. The van der Waals surface area contributed by atoms with Crippen molar-refractivity contribution in [3.8, 4) is 22.8 Å². The number of ether oxygens (including phenoxy) is 2. The van der Waals surface area contributed by atoms with Gasteiger partial charge in [0.1, 0.15) is 0 Å². The molecule has 0 aliphatic carbocycles. The number of hydrogen-bond donors (Lipinski definition) is 2. The maximum Gasteiger partial charge on any atom is 0.180 e. The summed E-state index contributed by atoms with van der Waals surface area (Å²) in [5, 5.41) is 0.514. The van der Waals surface area contributed by atoms with Gasteiger partial charge in [-0.2, -0.15) is 0 Å². The third-order valence-corrected chi connectivity index (χ3v) is 3.46. The molecule has 1 aromatic carbocycles. The number of nitrogens with zero attached hydrogens (tertiary/aromatic N) is 1. The first-order valence-electron chi connectivity index (χ1n) is 5.37. The van der Waals surface area contributed by atoms with Crippen molar-refractivity contribution in [2.45, 2.75) is 6.54 Å². The van der Waals surface area contributed by atoms with Gasteiger partial charge in [0, 0.05) is 17.0 Å². The highest BCUT2D eigenvalue weighted by molar-refractivity contribution is 7.15. The van der Waals surface area contributed by atoms with Crippen LogP contribution in [0.1, 0.15) is 4.88 Å². The Labute approximate surface area is 109 Å². The van der Waals surface area contributed by atoms with Crippen LogP contribution in [0.4, 0.5) is 5.13 Å². The molecule has 0 radical (unpaired) electrons. The molecule has 1 heterocycles. The lowest BCUT2D eigenvalue weighted by atomic mass is 10.1. The molecule has 0 bridgehead atoms. The van der Waals surface area contributed by atoms with Gasteiger partial charge in [0.2, 0.25) is 0 Å². The van der Waals surface area contributed by atoms with Gasteiger partial charge in [0.25, 0.3) is 0 Å². The molecule has 5 nitrogen and oxygen atoms in total. The minimum Gasteiger partial charge on any atom is -0.493 e. The zero-order chi connectivity index (χ0) is 13.1. The van der Waals surface area contributed by atoms with Crippen molar-refractivity contribution < 1.29 is 9.47 Å². The fourth-order valence-electron chi connectivity index (χ4n) is 1.72. The van der Waals surface area contributed by atoms with E-state index in [1.165, 1.54) is 11.3 Å². The Kier molecular flexibility index (Phi) is 3.69. The van der Waals surface area contributed by atoms with Crippen LogP contribution in [0.2, 0.25) is 0 Å². The molecule has 0 spiro atoms. The molecule has 1 aromatic heterocycles. The van der Waals surface area contributed by atoms with Crippen LogP contribution in [0.3, 0.4) is 0 Å².